The highest BCUT2D eigenvalue weighted by Gasteiger charge is 2.24. The molecule has 3 heteroatoms. The number of rotatable bonds is 7. The molecule has 2 unspecified atom stereocenters. The third kappa shape index (κ3) is 3.56. The second kappa shape index (κ2) is 7.04. The summed E-state index contributed by atoms with van der Waals surface area (Å²) in [5.41, 5.74) is 5.85. The fourth-order valence-electron chi connectivity index (χ4n) is 2.77. The van der Waals surface area contributed by atoms with E-state index in [1.807, 2.05) is 0 Å². The summed E-state index contributed by atoms with van der Waals surface area (Å²) in [6, 6.07) is 8.97. The van der Waals surface area contributed by atoms with Gasteiger partial charge in [0.25, 0.3) is 0 Å². The zero-order valence-corrected chi connectivity index (χ0v) is 12.1. The fourth-order valence-corrected chi connectivity index (χ4v) is 2.77. The van der Waals surface area contributed by atoms with Crippen LogP contribution in [0.1, 0.15) is 62.1 Å². The summed E-state index contributed by atoms with van der Waals surface area (Å²) >= 11 is 0. The first-order chi connectivity index (χ1) is 9.26. The van der Waals surface area contributed by atoms with Gasteiger partial charge in [-0.25, -0.2) is 0 Å². The van der Waals surface area contributed by atoms with Crippen LogP contribution in [0.2, 0.25) is 0 Å². The molecular weight excluding hydrogens is 236 g/mol. The molecule has 0 spiro atoms. The molecule has 0 saturated heterocycles. The van der Waals surface area contributed by atoms with Crippen LogP contribution in [0.25, 0.3) is 0 Å². The van der Waals surface area contributed by atoms with Gasteiger partial charge >= 0.3 is 0 Å². The molecule has 0 aliphatic heterocycles. The number of benzene rings is 1. The molecule has 3 nitrogen and oxygen atoms in total. The van der Waals surface area contributed by atoms with E-state index in [2.05, 4.69) is 36.6 Å². The largest absolute Gasteiger partial charge is 0.382 e. The fraction of sp³-hybridized carbons (Fsp3) is 0.625. The Bertz CT molecular complexity index is 390. The maximum absolute atomic E-state index is 5.77. The van der Waals surface area contributed by atoms with Gasteiger partial charge in [-0.05, 0) is 49.7 Å². The summed E-state index contributed by atoms with van der Waals surface area (Å²) in [7, 11) is 1.76. The van der Waals surface area contributed by atoms with E-state index in [1.54, 1.807) is 7.11 Å². The van der Waals surface area contributed by atoms with Crippen LogP contribution < -0.4 is 11.3 Å². The van der Waals surface area contributed by atoms with Crippen LogP contribution >= 0.6 is 0 Å². The van der Waals surface area contributed by atoms with Gasteiger partial charge in [0.15, 0.2) is 0 Å². The van der Waals surface area contributed by atoms with E-state index in [1.165, 1.54) is 30.4 Å². The zero-order valence-electron chi connectivity index (χ0n) is 12.1. The van der Waals surface area contributed by atoms with E-state index in [0.717, 1.165) is 18.8 Å². The summed E-state index contributed by atoms with van der Waals surface area (Å²) in [5, 5.41) is 0. The van der Waals surface area contributed by atoms with E-state index in [4.69, 9.17) is 10.6 Å². The highest BCUT2D eigenvalue weighted by molar-refractivity contribution is 5.34. The predicted molar refractivity (Wildman–Crippen MR) is 78.8 cm³/mol. The first-order valence-corrected chi connectivity index (χ1v) is 7.34. The van der Waals surface area contributed by atoms with Crippen LogP contribution in [0.4, 0.5) is 0 Å². The van der Waals surface area contributed by atoms with Crippen molar-refractivity contribution in [3.05, 3.63) is 35.4 Å². The average Bonchev–Trinajstić information content (AvgIpc) is 2.38. The maximum Gasteiger partial charge on any atom is 0.0543 e. The number of hydrogen-bond acceptors (Lipinski definition) is 3. The Morgan fingerprint density at radius 2 is 2.05 bits per heavy atom. The Kier molecular flexibility index (Phi) is 5.37. The summed E-state index contributed by atoms with van der Waals surface area (Å²) in [5.74, 6) is 6.51. The molecule has 0 amide bonds. The lowest BCUT2D eigenvalue weighted by molar-refractivity contribution is 0.106. The smallest absolute Gasteiger partial charge is 0.0543 e. The Hall–Kier alpha value is -0.900. The van der Waals surface area contributed by atoms with Gasteiger partial charge in [0.1, 0.15) is 0 Å². The van der Waals surface area contributed by atoms with Gasteiger partial charge in [-0.2, -0.15) is 0 Å². The Labute approximate surface area is 116 Å². The van der Waals surface area contributed by atoms with Gasteiger partial charge in [0.2, 0.25) is 0 Å². The van der Waals surface area contributed by atoms with Crippen LogP contribution in [-0.2, 0) is 4.74 Å². The Morgan fingerprint density at radius 1 is 1.32 bits per heavy atom. The number of nitrogens with one attached hydrogen (secondary N) is 1. The molecule has 2 rings (SSSR count). The molecular formula is C16H26N2O. The standard InChI is InChI=1S/C16H26N2O/c1-12(19-2)10-11-16(18-17)15-9-4-3-8-14(15)13-6-5-7-13/h3-4,8-9,12-13,16,18H,5-7,10-11,17H2,1-2H3. The maximum atomic E-state index is 5.77. The van der Waals surface area contributed by atoms with Crippen molar-refractivity contribution in [1.82, 2.24) is 5.43 Å². The summed E-state index contributed by atoms with van der Waals surface area (Å²) < 4.78 is 5.32. The molecule has 0 heterocycles. The minimum Gasteiger partial charge on any atom is -0.382 e. The first-order valence-electron chi connectivity index (χ1n) is 7.34. The highest BCUT2D eigenvalue weighted by atomic mass is 16.5. The molecule has 0 aromatic heterocycles. The van der Waals surface area contributed by atoms with Crippen LogP contribution in [-0.4, -0.2) is 13.2 Å². The molecule has 2 atom stereocenters. The number of ether oxygens (including phenoxy) is 1. The van der Waals surface area contributed by atoms with Gasteiger partial charge in [-0.3, -0.25) is 11.3 Å². The molecule has 1 saturated carbocycles. The van der Waals surface area contributed by atoms with Gasteiger partial charge in [-0.1, -0.05) is 30.7 Å². The van der Waals surface area contributed by atoms with E-state index in [0.29, 0.717) is 0 Å². The molecule has 1 aliphatic rings. The van der Waals surface area contributed by atoms with Gasteiger partial charge in [0, 0.05) is 13.2 Å². The van der Waals surface area contributed by atoms with Crippen molar-refractivity contribution in [3.63, 3.8) is 0 Å². The van der Waals surface area contributed by atoms with E-state index >= 15 is 0 Å². The predicted octanol–water partition coefficient (Wildman–Crippen LogP) is 3.27. The number of hydrogen-bond donors (Lipinski definition) is 2. The normalized spacial score (nSPS) is 18.9. The monoisotopic (exact) mass is 262 g/mol. The molecule has 1 aliphatic carbocycles. The summed E-state index contributed by atoms with van der Waals surface area (Å²) in [6.07, 6.45) is 6.32. The third-order valence-electron chi connectivity index (χ3n) is 4.38. The average molecular weight is 262 g/mol. The van der Waals surface area contributed by atoms with Crippen LogP contribution in [0.3, 0.4) is 0 Å². The molecule has 1 fully saturated rings. The first kappa shape index (κ1) is 14.5. The second-order valence-electron chi connectivity index (χ2n) is 5.60. The second-order valence-corrected chi connectivity index (χ2v) is 5.60. The summed E-state index contributed by atoms with van der Waals surface area (Å²) in [4.78, 5) is 0. The highest BCUT2D eigenvalue weighted by Crippen LogP contribution is 2.40. The quantitative estimate of drug-likeness (QED) is 0.585. The minimum absolute atomic E-state index is 0.231. The van der Waals surface area contributed by atoms with Crippen molar-refractivity contribution in [2.45, 2.75) is 57.1 Å². The summed E-state index contributed by atoms with van der Waals surface area (Å²) in [6.45, 7) is 2.10. The zero-order chi connectivity index (χ0) is 13.7. The van der Waals surface area contributed by atoms with Crippen molar-refractivity contribution < 1.29 is 4.74 Å². The third-order valence-corrected chi connectivity index (χ3v) is 4.38. The Morgan fingerprint density at radius 3 is 2.63 bits per heavy atom. The lowest BCUT2D eigenvalue weighted by atomic mass is 9.77. The van der Waals surface area contributed by atoms with Gasteiger partial charge in [-0.15, -0.1) is 0 Å². The van der Waals surface area contributed by atoms with Crippen LogP contribution in [0.15, 0.2) is 24.3 Å². The van der Waals surface area contributed by atoms with Crippen LogP contribution in [0.5, 0.6) is 0 Å². The topological polar surface area (TPSA) is 47.3 Å². The molecule has 19 heavy (non-hydrogen) atoms. The minimum atomic E-state index is 0.231. The molecule has 1 aromatic carbocycles. The van der Waals surface area contributed by atoms with Crippen LogP contribution in [0, 0.1) is 0 Å². The van der Waals surface area contributed by atoms with Gasteiger partial charge < -0.3 is 4.74 Å². The lowest BCUT2D eigenvalue weighted by Crippen LogP contribution is -2.30. The number of methoxy groups -OCH3 is 1. The number of nitrogens with two attached hydrogens (primary N) is 1. The van der Waals surface area contributed by atoms with Crippen molar-refractivity contribution in [1.29, 1.82) is 0 Å². The molecule has 106 valence electrons. The van der Waals surface area contributed by atoms with E-state index in [-0.39, 0.29) is 12.1 Å². The molecule has 0 bridgehead atoms. The van der Waals surface area contributed by atoms with Crippen molar-refractivity contribution in [2.75, 3.05) is 7.11 Å². The van der Waals surface area contributed by atoms with Gasteiger partial charge in [0.05, 0.1) is 6.10 Å². The van der Waals surface area contributed by atoms with E-state index < -0.39 is 0 Å². The molecule has 3 N–H and O–H groups in total. The van der Waals surface area contributed by atoms with Crippen molar-refractivity contribution in [2.24, 2.45) is 5.84 Å². The molecule has 1 aromatic rings. The van der Waals surface area contributed by atoms with E-state index in [9.17, 15) is 0 Å². The Balaban J connectivity index is 2.08. The van der Waals surface area contributed by atoms with Crippen molar-refractivity contribution >= 4 is 0 Å². The SMILES string of the molecule is COC(C)CCC(NN)c1ccccc1C1CCC1. The van der Waals surface area contributed by atoms with Crippen molar-refractivity contribution in [3.8, 4) is 0 Å². The lowest BCUT2D eigenvalue weighted by Gasteiger charge is -2.30. The number of hydrazine groups is 1. The molecule has 0 radical (unpaired) electrons.